The number of hydrogen-bond acceptors (Lipinski definition) is 5. The molecule has 1 aliphatic heterocycles. The van der Waals surface area contributed by atoms with Crippen LogP contribution in [0.25, 0.3) is 0 Å². The highest BCUT2D eigenvalue weighted by molar-refractivity contribution is 6.68. The lowest BCUT2D eigenvalue weighted by molar-refractivity contribution is 0.0552. The Kier molecular flexibility index (Phi) is 4.16. The van der Waals surface area contributed by atoms with Gasteiger partial charge in [0.25, 0.3) is 0 Å². The molecule has 0 bridgehead atoms. The Morgan fingerprint density at radius 2 is 2.11 bits per heavy atom. The summed E-state index contributed by atoms with van der Waals surface area (Å²) in [5.74, 6) is 0.140. The van der Waals surface area contributed by atoms with Crippen molar-refractivity contribution >= 4 is 57.9 Å². The number of aliphatic hydroxyl groups excluding tert-OH is 1. The molecule has 0 aromatic carbocycles. The molecule has 0 spiro atoms. The van der Waals surface area contributed by atoms with Gasteiger partial charge in [-0.1, -0.05) is 46.4 Å². The Balaban J connectivity index is 2.51. The molecule has 0 amide bonds. The van der Waals surface area contributed by atoms with Gasteiger partial charge in [0, 0.05) is 12.6 Å². The van der Waals surface area contributed by atoms with Gasteiger partial charge in [-0.15, -0.1) is 0 Å². The fraction of sp³-hybridized carbons (Fsp3) is 0.400. The van der Waals surface area contributed by atoms with E-state index in [0.717, 1.165) is 5.01 Å². The smallest absolute Gasteiger partial charge is 0.239 e. The predicted molar refractivity (Wildman–Crippen MR) is 76.1 cm³/mol. The zero-order valence-electron chi connectivity index (χ0n) is 9.39. The van der Waals surface area contributed by atoms with Crippen LogP contribution in [0.5, 0.6) is 0 Å². The molecule has 1 unspecified atom stereocenters. The number of hydrazone groups is 1. The maximum atomic E-state index is 10.6. The van der Waals surface area contributed by atoms with Crippen molar-refractivity contribution in [1.29, 1.82) is 0 Å². The minimum absolute atomic E-state index is 0.132. The summed E-state index contributed by atoms with van der Waals surface area (Å²) in [6.45, 7) is -0.371. The van der Waals surface area contributed by atoms with E-state index in [-0.39, 0.29) is 29.6 Å². The first kappa shape index (κ1) is 15.1. The number of halogens is 4. The Morgan fingerprint density at radius 3 is 2.63 bits per heavy atom. The second kappa shape index (κ2) is 5.24. The molecule has 9 heteroatoms. The van der Waals surface area contributed by atoms with E-state index in [4.69, 9.17) is 51.5 Å². The van der Waals surface area contributed by atoms with Gasteiger partial charge in [0.05, 0.1) is 17.3 Å². The number of rotatable bonds is 2. The lowest BCUT2D eigenvalue weighted by Gasteiger charge is -2.37. The summed E-state index contributed by atoms with van der Waals surface area (Å²) in [5.41, 5.74) is -1.70. The van der Waals surface area contributed by atoms with Gasteiger partial charge in [0.15, 0.2) is 5.82 Å². The van der Waals surface area contributed by atoms with Crippen LogP contribution in [0.15, 0.2) is 23.4 Å². The SMILES string of the molecule is OCC1=NN(c2ncccc2Cl)C(O)(C(Cl)(Cl)Cl)C1. The molecule has 1 atom stereocenters. The normalized spacial score (nSPS) is 23.7. The van der Waals surface area contributed by atoms with Crippen molar-refractivity contribution < 1.29 is 10.2 Å². The average Bonchev–Trinajstić information content (AvgIpc) is 2.68. The maximum Gasteiger partial charge on any atom is 0.239 e. The van der Waals surface area contributed by atoms with Gasteiger partial charge in [-0.25, -0.2) is 9.99 Å². The summed E-state index contributed by atoms with van der Waals surface area (Å²) >= 11 is 23.4. The lowest BCUT2D eigenvalue weighted by atomic mass is 10.1. The standard InChI is InChI=1S/C10H9Cl4N3O2/c11-7-2-1-3-15-8(7)17-9(19,10(12,13)14)4-6(5-18)16-17/h1-3,18-19H,4-5H2. The predicted octanol–water partition coefficient (Wildman–Crippen LogP) is 2.35. The van der Waals surface area contributed by atoms with E-state index >= 15 is 0 Å². The van der Waals surface area contributed by atoms with Crippen LogP contribution in [0.1, 0.15) is 6.42 Å². The van der Waals surface area contributed by atoms with Crippen LogP contribution in [0.4, 0.5) is 5.82 Å². The molecule has 0 saturated heterocycles. The third-order valence-corrected chi connectivity index (χ3v) is 3.82. The number of anilines is 1. The molecule has 104 valence electrons. The van der Waals surface area contributed by atoms with E-state index in [1.807, 2.05) is 0 Å². The van der Waals surface area contributed by atoms with E-state index in [2.05, 4.69) is 10.1 Å². The summed E-state index contributed by atoms with van der Waals surface area (Å²) in [5, 5.41) is 25.0. The van der Waals surface area contributed by atoms with E-state index in [9.17, 15) is 5.11 Å². The molecule has 0 radical (unpaired) electrons. The van der Waals surface area contributed by atoms with Crippen LogP contribution in [0.3, 0.4) is 0 Å². The molecular weight excluding hydrogens is 336 g/mol. The van der Waals surface area contributed by atoms with Crippen molar-refractivity contribution in [3.8, 4) is 0 Å². The highest BCUT2D eigenvalue weighted by Crippen LogP contribution is 2.47. The van der Waals surface area contributed by atoms with E-state index in [0.29, 0.717) is 0 Å². The summed E-state index contributed by atoms with van der Waals surface area (Å²) in [6.07, 6.45) is 1.33. The summed E-state index contributed by atoms with van der Waals surface area (Å²) in [7, 11) is 0. The summed E-state index contributed by atoms with van der Waals surface area (Å²) in [6, 6.07) is 3.18. The number of aliphatic hydroxyl groups is 2. The summed E-state index contributed by atoms with van der Waals surface area (Å²) < 4.78 is -2.06. The number of nitrogens with zero attached hydrogens (tertiary/aromatic N) is 3. The number of alkyl halides is 3. The first-order chi connectivity index (χ1) is 8.79. The number of hydrogen-bond donors (Lipinski definition) is 2. The molecular formula is C10H9Cl4N3O2. The van der Waals surface area contributed by atoms with Gasteiger partial charge in [-0.05, 0) is 12.1 Å². The van der Waals surface area contributed by atoms with Crippen LogP contribution in [0.2, 0.25) is 5.02 Å². The van der Waals surface area contributed by atoms with Crippen LogP contribution < -0.4 is 5.01 Å². The van der Waals surface area contributed by atoms with Gasteiger partial charge in [-0.3, -0.25) is 0 Å². The molecule has 0 aliphatic carbocycles. The fourth-order valence-electron chi connectivity index (χ4n) is 1.68. The number of aromatic nitrogens is 1. The molecule has 1 aliphatic rings. The molecule has 0 saturated carbocycles. The maximum absolute atomic E-state index is 10.6. The van der Waals surface area contributed by atoms with Crippen LogP contribution in [-0.2, 0) is 0 Å². The zero-order valence-corrected chi connectivity index (χ0v) is 12.4. The molecule has 2 heterocycles. The van der Waals surface area contributed by atoms with E-state index < -0.39 is 9.52 Å². The Hall–Kier alpha value is -0.300. The molecule has 19 heavy (non-hydrogen) atoms. The Bertz CT molecular complexity index is 520. The minimum atomic E-state index is -2.06. The molecule has 2 rings (SSSR count). The minimum Gasteiger partial charge on any atom is -0.390 e. The Labute approximate surface area is 129 Å². The third-order valence-electron chi connectivity index (χ3n) is 2.62. The van der Waals surface area contributed by atoms with Crippen molar-refractivity contribution in [1.82, 2.24) is 4.98 Å². The van der Waals surface area contributed by atoms with Gasteiger partial charge < -0.3 is 10.2 Å². The molecule has 1 aromatic heterocycles. The fourth-order valence-corrected chi connectivity index (χ4v) is 2.32. The largest absolute Gasteiger partial charge is 0.390 e. The van der Waals surface area contributed by atoms with Gasteiger partial charge >= 0.3 is 0 Å². The topological polar surface area (TPSA) is 69.0 Å². The number of pyridine rings is 1. The quantitative estimate of drug-likeness (QED) is 0.808. The Morgan fingerprint density at radius 1 is 1.42 bits per heavy atom. The van der Waals surface area contributed by atoms with Crippen molar-refractivity contribution in [2.45, 2.75) is 15.9 Å². The van der Waals surface area contributed by atoms with Crippen LogP contribution >= 0.6 is 46.4 Å². The monoisotopic (exact) mass is 343 g/mol. The van der Waals surface area contributed by atoms with Crippen molar-refractivity contribution in [2.24, 2.45) is 5.10 Å². The van der Waals surface area contributed by atoms with Gasteiger partial charge in [0.1, 0.15) is 0 Å². The van der Waals surface area contributed by atoms with Crippen molar-refractivity contribution in [2.75, 3.05) is 11.6 Å². The molecule has 1 aromatic rings. The van der Waals surface area contributed by atoms with Gasteiger partial charge in [0.2, 0.25) is 9.52 Å². The van der Waals surface area contributed by atoms with Gasteiger partial charge in [-0.2, -0.15) is 5.10 Å². The third kappa shape index (κ3) is 2.63. The molecule has 2 N–H and O–H groups in total. The van der Waals surface area contributed by atoms with Crippen molar-refractivity contribution in [3.05, 3.63) is 23.4 Å². The first-order valence-electron chi connectivity index (χ1n) is 5.16. The molecule has 5 nitrogen and oxygen atoms in total. The first-order valence-corrected chi connectivity index (χ1v) is 6.68. The zero-order chi connectivity index (χ0) is 14.3. The lowest BCUT2D eigenvalue weighted by Crippen LogP contribution is -2.53. The van der Waals surface area contributed by atoms with Crippen LogP contribution in [0, 0.1) is 0 Å². The highest BCUT2D eigenvalue weighted by atomic mass is 35.6. The average molecular weight is 345 g/mol. The molecule has 0 fully saturated rings. The van der Waals surface area contributed by atoms with E-state index in [1.54, 1.807) is 12.1 Å². The van der Waals surface area contributed by atoms with E-state index in [1.165, 1.54) is 6.20 Å². The second-order valence-corrected chi connectivity index (χ2v) is 6.62. The van der Waals surface area contributed by atoms with Crippen LogP contribution in [-0.4, -0.2) is 37.0 Å². The summed E-state index contributed by atoms with van der Waals surface area (Å²) in [4.78, 5) is 4.01. The second-order valence-electron chi connectivity index (χ2n) is 3.94. The highest BCUT2D eigenvalue weighted by Gasteiger charge is 2.56. The van der Waals surface area contributed by atoms with Crippen molar-refractivity contribution in [3.63, 3.8) is 0 Å².